The Labute approximate surface area is 101 Å². The molecule has 98 valence electrons. The Hall–Kier alpha value is -1.10. The van der Waals surface area contributed by atoms with Crippen LogP contribution in [0.3, 0.4) is 0 Å². The number of alkyl halides is 3. The van der Waals surface area contributed by atoms with E-state index in [0.29, 0.717) is 6.07 Å². The number of benzene rings is 1. The number of halogens is 4. The molecule has 3 rings (SSSR count). The summed E-state index contributed by atoms with van der Waals surface area (Å²) in [6, 6.07) is 3.14. The molecule has 0 aromatic heterocycles. The molecular weight excluding hydrogens is 248 g/mol. The summed E-state index contributed by atoms with van der Waals surface area (Å²) in [7, 11) is 0. The Morgan fingerprint density at radius 1 is 1.17 bits per heavy atom. The monoisotopic (exact) mass is 260 g/mol. The first-order valence-corrected chi connectivity index (χ1v) is 5.95. The van der Waals surface area contributed by atoms with Gasteiger partial charge in [-0.2, -0.15) is 13.2 Å². The fourth-order valence-corrected chi connectivity index (χ4v) is 3.38. The molecule has 2 aliphatic carbocycles. The quantitative estimate of drug-likeness (QED) is 0.767. The van der Waals surface area contributed by atoms with Gasteiger partial charge < -0.3 is 5.11 Å². The van der Waals surface area contributed by atoms with Crippen LogP contribution in [0.5, 0.6) is 0 Å². The van der Waals surface area contributed by atoms with Gasteiger partial charge in [-0.3, -0.25) is 0 Å². The smallest absolute Gasteiger partial charge is 0.384 e. The van der Waals surface area contributed by atoms with Crippen LogP contribution in [0.2, 0.25) is 0 Å². The van der Waals surface area contributed by atoms with E-state index in [1.165, 1.54) is 6.07 Å². The van der Waals surface area contributed by atoms with E-state index in [1.54, 1.807) is 0 Å². The van der Waals surface area contributed by atoms with Crippen molar-refractivity contribution in [1.82, 2.24) is 0 Å². The van der Waals surface area contributed by atoms with Crippen molar-refractivity contribution in [3.8, 4) is 0 Å². The summed E-state index contributed by atoms with van der Waals surface area (Å²) in [4.78, 5) is 0. The molecule has 0 radical (unpaired) electrons. The van der Waals surface area contributed by atoms with Gasteiger partial charge in [-0.15, -0.1) is 0 Å². The average Bonchev–Trinajstić information content (AvgIpc) is 2.68. The minimum atomic E-state index is -4.72. The van der Waals surface area contributed by atoms with Gasteiger partial charge in [-0.05, 0) is 30.7 Å². The van der Waals surface area contributed by atoms with Gasteiger partial charge in [0.15, 0.2) is 0 Å². The fourth-order valence-electron chi connectivity index (χ4n) is 3.38. The third-order valence-corrected chi connectivity index (χ3v) is 4.27. The van der Waals surface area contributed by atoms with Crippen molar-refractivity contribution >= 4 is 0 Å². The molecule has 0 heterocycles. The number of rotatable bonds is 1. The Morgan fingerprint density at radius 2 is 1.78 bits per heavy atom. The molecule has 0 amide bonds. The number of fused-ring (bicyclic) bond motifs is 1. The second-order valence-corrected chi connectivity index (χ2v) is 5.13. The second-order valence-electron chi connectivity index (χ2n) is 5.13. The zero-order valence-electron chi connectivity index (χ0n) is 9.47. The maximum Gasteiger partial charge on any atom is 0.419 e. The zero-order chi connectivity index (χ0) is 13.1. The van der Waals surface area contributed by atoms with Crippen molar-refractivity contribution in [3.05, 3.63) is 35.1 Å². The summed E-state index contributed by atoms with van der Waals surface area (Å²) in [6.07, 6.45) is -2.24. The molecule has 0 aliphatic heterocycles. The van der Waals surface area contributed by atoms with Crippen molar-refractivity contribution in [3.63, 3.8) is 0 Å². The number of aliphatic hydroxyl groups is 1. The first kappa shape index (κ1) is 12.0. The molecule has 18 heavy (non-hydrogen) atoms. The molecule has 0 spiro atoms. The van der Waals surface area contributed by atoms with E-state index in [2.05, 4.69) is 0 Å². The van der Waals surface area contributed by atoms with E-state index in [-0.39, 0.29) is 17.4 Å². The molecule has 1 N–H and O–H groups in total. The Balaban J connectivity index is 2.05. The van der Waals surface area contributed by atoms with E-state index < -0.39 is 23.2 Å². The summed E-state index contributed by atoms with van der Waals surface area (Å²) in [5.74, 6) is -1.46. The van der Waals surface area contributed by atoms with Crippen molar-refractivity contribution < 1.29 is 22.7 Å². The maximum atomic E-state index is 13.9. The maximum absolute atomic E-state index is 13.9. The molecule has 2 unspecified atom stereocenters. The first-order chi connectivity index (χ1) is 8.37. The fraction of sp³-hybridized carbons (Fsp3) is 0.538. The SMILES string of the molecule is OC1(c2cccc(C(F)(F)F)c2F)C2CCCC21. The minimum absolute atomic E-state index is 0.0736. The molecule has 5 heteroatoms. The van der Waals surface area contributed by atoms with Crippen LogP contribution in [0.25, 0.3) is 0 Å². The predicted octanol–water partition coefficient (Wildman–Crippen LogP) is 3.46. The minimum Gasteiger partial charge on any atom is -0.384 e. The lowest BCUT2D eigenvalue weighted by Crippen LogP contribution is -2.18. The average molecular weight is 260 g/mol. The summed E-state index contributed by atoms with van der Waals surface area (Å²) in [5, 5.41) is 10.3. The van der Waals surface area contributed by atoms with Crippen LogP contribution in [0.4, 0.5) is 17.6 Å². The van der Waals surface area contributed by atoms with E-state index in [4.69, 9.17) is 0 Å². The third-order valence-electron chi connectivity index (χ3n) is 4.27. The predicted molar refractivity (Wildman–Crippen MR) is 56.1 cm³/mol. The second kappa shape index (κ2) is 3.47. The molecule has 2 saturated carbocycles. The normalized spacial score (nSPS) is 34.5. The highest BCUT2D eigenvalue weighted by Gasteiger charge is 2.67. The summed E-state index contributed by atoms with van der Waals surface area (Å²) in [6.45, 7) is 0. The van der Waals surface area contributed by atoms with Crippen LogP contribution >= 0.6 is 0 Å². The number of hydrogen-bond acceptors (Lipinski definition) is 1. The Bertz CT molecular complexity index is 484. The van der Waals surface area contributed by atoms with E-state index in [0.717, 1.165) is 25.3 Å². The summed E-state index contributed by atoms with van der Waals surface area (Å²) in [5.41, 5.74) is -2.85. The molecule has 2 fully saturated rings. The molecule has 2 atom stereocenters. The molecule has 1 aromatic carbocycles. The zero-order valence-corrected chi connectivity index (χ0v) is 9.47. The topological polar surface area (TPSA) is 20.2 Å². The highest BCUT2D eigenvalue weighted by molar-refractivity contribution is 5.39. The van der Waals surface area contributed by atoms with E-state index >= 15 is 0 Å². The first-order valence-electron chi connectivity index (χ1n) is 5.95. The third kappa shape index (κ3) is 1.43. The molecular formula is C13H12F4O. The standard InChI is InChI=1S/C13H12F4O/c14-11-9(5-2-6-10(11)13(15,16)17)12(18)7-3-1-4-8(7)12/h2,5-8,18H,1,3-4H2. The largest absolute Gasteiger partial charge is 0.419 e. The van der Waals surface area contributed by atoms with Crippen LogP contribution in [0.1, 0.15) is 30.4 Å². The molecule has 1 nitrogen and oxygen atoms in total. The Kier molecular flexibility index (Phi) is 2.31. The highest BCUT2D eigenvalue weighted by Crippen LogP contribution is 2.66. The highest BCUT2D eigenvalue weighted by atomic mass is 19.4. The van der Waals surface area contributed by atoms with Gasteiger partial charge in [0.1, 0.15) is 5.82 Å². The van der Waals surface area contributed by atoms with E-state index in [1.807, 2.05) is 0 Å². The van der Waals surface area contributed by atoms with Crippen LogP contribution in [-0.2, 0) is 11.8 Å². The lowest BCUT2D eigenvalue weighted by Gasteiger charge is -2.18. The van der Waals surface area contributed by atoms with Gasteiger partial charge in [-0.1, -0.05) is 18.6 Å². The van der Waals surface area contributed by atoms with Gasteiger partial charge in [0.05, 0.1) is 11.2 Å². The summed E-state index contributed by atoms with van der Waals surface area (Å²) < 4.78 is 51.7. The Morgan fingerprint density at radius 3 is 2.33 bits per heavy atom. The molecule has 0 bridgehead atoms. The van der Waals surface area contributed by atoms with Crippen LogP contribution in [-0.4, -0.2) is 5.11 Å². The van der Waals surface area contributed by atoms with Crippen molar-refractivity contribution in [2.45, 2.75) is 31.0 Å². The summed E-state index contributed by atoms with van der Waals surface area (Å²) >= 11 is 0. The lowest BCUT2D eigenvalue weighted by molar-refractivity contribution is -0.140. The molecule has 0 saturated heterocycles. The van der Waals surface area contributed by atoms with Crippen LogP contribution in [0, 0.1) is 17.7 Å². The molecule has 1 aromatic rings. The number of hydrogen-bond donors (Lipinski definition) is 1. The molecule has 2 aliphatic rings. The van der Waals surface area contributed by atoms with Gasteiger partial charge in [0, 0.05) is 5.56 Å². The van der Waals surface area contributed by atoms with Gasteiger partial charge in [0.2, 0.25) is 0 Å². The van der Waals surface area contributed by atoms with Crippen molar-refractivity contribution in [2.75, 3.05) is 0 Å². The van der Waals surface area contributed by atoms with E-state index in [9.17, 15) is 22.7 Å². The van der Waals surface area contributed by atoms with Crippen LogP contribution in [0.15, 0.2) is 18.2 Å². The van der Waals surface area contributed by atoms with Gasteiger partial charge in [-0.25, -0.2) is 4.39 Å². The van der Waals surface area contributed by atoms with Crippen LogP contribution < -0.4 is 0 Å². The van der Waals surface area contributed by atoms with Gasteiger partial charge >= 0.3 is 6.18 Å². The van der Waals surface area contributed by atoms with Gasteiger partial charge in [0.25, 0.3) is 0 Å². The lowest BCUT2D eigenvalue weighted by atomic mass is 9.96. The van der Waals surface area contributed by atoms with Crippen molar-refractivity contribution in [1.29, 1.82) is 0 Å². The van der Waals surface area contributed by atoms with Crippen molar-refractivity contribution in [2.24, 2.45) is 11.8 Å².